The Balaban J connectivity index is 2.17. The van der Waals surface area contributed by atoms with Crippen LogP contribution in [0.2, 0.25) is 10.2 Å². The van der Waals surface area contributed by atoms with Gasteiger partial charge in [0, 0.05) is 11.1 Å². The first-order valence-corrected chi connectivity index (χ1v) is 9.22. The van der Waals surface area contributed by atoms with Crippen molar-refractivity contribution in [1.82, 2.24) is 9.55 Å². The smallest absolute Gasteiger partial charge is 0.328 e. The van der Waals surface area contributed by atoms with E-state index < -0.39 is 5.97 Å². The summed E-state index contributed by atoms with van der Waals surface area (Å²) >= 11 is 12.5. The maximum Gasteiger partial charge on any atom is 0.328 e. The lowest BCUT2D eigenvalue weighted by atomic mass is 10.2. The van der Waals surface area contributed by atoms with Crippen molar-refractivity contribution in [3.05, 3.63) is 51.5 Å². The Kier molecular flexibility index (Phi) is 7.54. The summed E-state index contributed by atoms with van der Waals surface area (Å²) in [7, 11) is 0. The van der Waals surface area contributed by atoms with E-state index in [4.69, 9.17) is 33.0 Å². The number of unbranched alkanes of at least 4 members (excludes halogenated alkanes) is 2. The van der Waals surface area contributed by atoms with E-state index in [1.165, 1.54) is 6.08 Å². The van der Waals surface area contributed by atoms with Gasteiger partial charge in [-0.15, -0.1) is 0 Å². The van der Waals surface area contributed by atoms with Gasteiger partial charge in [0.25, 0.3) is 0 Å². The molecule has 0 bridgehead atoms. The van der Waals surface area contributed by atoms with Gasteiger partial charge in [-0.1, -0.05) is 49.0 Å². The quantitative estimate of drug-likeness (QED) is 0.466. The van der Waals surface area contributed by atoms with Crippen LogP contribution in [0.25, 0.3) is 6.08 Å². The van der Waals surface area contributed by atoms with Crippen LogP contribution in [0.1, 0.15) is 43.3 Å². The molecule has 1 N–H and O–H groups in total. The summed E-state index contributed by atoms with van der Waals surface area (Å²) in [5.41, 5.74) is 1.40. The minimum Gasteiger partial charge on any atom is -0.494 e. The van der Waals surface area contributed by atoms with Crippen molar-refractivity contribution < 1.29 is 14.6 Å². The average molecular weight is 397 g/mol. The Morgan fingerprint density at radius 1 is 1.35 bits per heavy atom. The van der Waals surface area contributed by atoms with E-state index >= 15 is 0 Å². The molecule has 0 spiro atoms. The number of aryl methyl sites for hydroxylation is 1. The number of aromatic nitrogens is 2. The predicted molar refractivity (Wildman–Crippen MR) is 104 cm³/mol. The molecule has 140 valence electrons. The number of carbonyl (C=O) groups is 1. The van der Waals surface area contributed by atoms with Crippen molar-refractivity contribution in [3.8, 4) is 5.75 Å². The Morgan fingerprint density at radius 3 is 2.77 bits per heavy atom. The molecule has 0 aliphatic rings. The molecule has 0 aliphatic heterocycles. The molecule has 26 heavy (non-hydrogen) atoms. The molecule has 2 aromatic rings. The number of imidazole rings is 1. The lowest BCUT2D eigenvalue weighted by molar-refractivity contribution is -0.131. The molecule has 0 saturated carbocycles. The molecule has 0 saturated heterocycles. The van der Waals surface area contributed by atoms with Crippen LogP contribution in [-0.2, 0) is 11.3 Å². The van der Waals surface area contributed by atoms with Crippen LogP contribution >= 0.6 is 23.2 Å². The second-order valence-electron chi connectivity index (χ2n) is 5.90. The molecular weight excluding hydrogens is 375 g/mol. The Labute approximate surface area is 163 Å². The standard InChI is InChI=1S/C19H22Cl2N2O3/c1-3-4-5-10-26-15-7-6-14(16(20)11-15)12-23-13(2)22-19(21)17(23)8-9-18(24)25/h6-9,11H,3-5,10,12H2,1-2H3,(H,24,25)/b9-8+. The predicted octanol–water partition coefficient (Wildman–Crippen LogP) is 5.21. The SMILES string of the molecule is CCCCCOc1ccc(Cn2c(C)nc(Cl)c2/C=C/C(=O)O)c(Cl)c1. The topological polar surface area (TPSA) is 64.4 Å². The molecular formula is C19H22Cl2N2O3. The summed E-state index contributed by atoms with van der Waals surface area (Å²) in [6.07, 6.45) is 5.77. The van der Waals surface area contributed by atoms with Gasteiger partial charge in [0.2, 0.25) is 0 Å². The molecule has 0 atom stereocenters. The molecule has 1 aromatic heterocycles. The largest absolute Gasteiger partial charge is 0.494 e. The van der Waals surface area contributed by atoms with E-state index in [1.807, 2.05) is 23.6 Å². The fourth-order valence-corrected chi connectivity index (χ4v) is 3.03. The number of halogens is 2. The van der Waals surface area contributed by atoms with Crippen LogP contribution < -0.4 is 4.74 Å². The maximum atomic E-state index is 10.8. The molecule has 1 aromatic carbocycles. The summed E-state index contributed by atoms with van der Waals surface area (Å²) in [5, 5.41) is 9.67. The zero-order chi connectivity index (χ0) is 19.1. The van der Waals surface area contributed by atoms with Gasteiger partial charge in [-0.2, -0.15) is 0 Å². The Bertz CT molecular complexity index is 800. The van der Waals surface area contributed by atoms with Gasteiger partial charge in [0.05, 0.1) is 18.8 Å². The first-order chi connectivity index (χ1) is 12.4. The fraction of sp³-hybridized carbons (Fsp3) is 0.368. The van der Waals surface area contributed by atoms with Crippen LogP contribution in [0.4, 0.5) is 0 Å². The number of ether oxygens (including phenoxy) is 1. The first kappa shape index (κ1) is 20.3. The molecule has 0 radical (unpaired) electrons. The van der Waals surface area contributed by atoms with Crippen molar-refractivity contribution in [1.29, 1.82) is 0 Å². The third-order valence-corrected chi connectivity index (χ3v) is 4.54. The van der Waals surface area contributed by atoms with Crippen molar-refractivity contribution in [2.75, 3.05) is 6.61 Å². The highest BCUT2D eigenvalue weighted by Gasteiger charge is 2.13. The Hall–Kier alpha value is -1.98. The number of hydrogen-bond donors (Lipinski definition) is 1. The summed E-state index contributed by atoms with van der Waals surface area (Å²) in [6, 6.07) is 5.58. The van der Waals surface area contributed by atoms with E-state index in [9.17, 15) is 4.79 Å². The van der Waals surface area contributed by atoms with E-state index in [0.717, 1.165) is 36.7 Å². The normalized spacial score (nSPS) is 11.2. The van der Waals surface area contributed by atoms with Crippen molar-refractivity contribution >= 4 is 35.2 Å². The molecule has 0 amide bonds. The zero-order valence-electron chi connectivity index (χ0n) is 14.8. The highest BCUT2D eigenvalue weighted by molar-refractivity contribution is 6.31. The maximum absolute atomic E-state index is 10.8. The van der Waals surface area contributed by atoms with Crippen molar-refractivity contribution in [2.45, 2.75) is 39.7 Å². The van der Waals surface area contributed by atoms with Crippen LogP contribution in [0, 0.1) is 6.92 Å². The molecule has 5 nitrogen and oxygen atoms in total. The van der Waals surface area contributed by atoms with Gasteiger partial charge in [-0.25, -0.2) is 9.78 Å². The van der Waals surface area contributed by atoms with E-state index in [2.05, 4.69) is 11.9 Å². The van der Waals surface area contributed by atoms with E-state index in [1.54, 1.807) is 6.07 Å². The highest BCUT2D eigenvalue weighted by atomic mass is 35.5. The lowest BCUT2D eigenvalue weighted by Crippen LogP contribution is -2.05. The number of nitrogens with zero attached hydrogens (tertiary/aromatic N) is 2. The number of carboxylic acids is 1. The summed E-state index contributed by atoms with van der Waals surface area (Å²) < 4.78 is 7.53. The molecule has 1 heterocycles. The third-order valence-electron chi connectivity index (χ3n) is 3.91. The highest BCUT2D eigenvalue weighted by Crippen LogP contribution is 2.26. The molecule has 0 fully saturated rings. The minimum absolute atomic E-state index is 0.256. The minimum atomic E-state index is -1.05. The molecule has 0 unspecified atom stereocenters. The van der Waals surface area contributed by atoms with E-state index in [-0.39, 0.29) is 5.15 Å². The van der Waals surface area contributed by atoms with Gasteiger partial charge in [-0.3, -0.25) is 0 Å². The molecule has 0 aliphatic carbocycles. The van der Waals surface area contributed by atoms with Crippen molar-refractivity contribution in [3.63, 3.8) is 0 Å². The number of aliphatic carboxylic acids is 1. The number of hydrogen-bond acceptors (Lipinski definition) is 3. The monoisotopic (exact) mass is 396 g/mol. The summed E-state index contributed by atoms with van der Waals surface area (Å²) in [5.74, 6) is 0.367. The van der Waals surface area contributed by atoms with Crippen molar-refractivity contribution in [2.24, 2.45) is 0 Å². The lowest BCUT2D eigenvalue weighted by Gasteiger charge is -2.12. The van der Waals surface area contributed by atoms with Crippen LogP contribution in [-0.4, -0.2) is 27.2 Å². The van der Waals surface area contributed by atoms with Crippen LogP contribution in [0.15, 0.2) is 24.3 Å². The van der Waals surface area contributed by atoms with Gasteiger partial charge in [0.1, 0.15) is 11.6 Å². The number of rotatable bonds is 9. The average Bonchev–Trinajstić information content (AvgIpc) is 2.85. The summed E-state index contributed by atoms with van der Waals surface area (Å²) in [6.45, 7) is 5.06. The second-order valence-corrected chi connectivity index (χ2v) is 6.67. The third kappa shape index (κ3) is 5.51. The number of benzene rings is 1. The van der Waals surface area contributed by atoms with Gasteiger partial charge in [-0.05, 0) is 37.1 Å². The second kappa shape index (κ2) is 9.64. The summed E-state index contributed by atoms with van der Waals surface area (Å²) in [4.78, 5) is 15.0. The van der Waals surface area contributed by atoms with Gasteiger partial charge >= 0.3 is 5.97 Å². The van der Waals surface area contributed by atoms with Gasteiger partial charge in [0.15, 0.2) is 5.15 Å². The van der Waals surface area contributed by atoms with Gasteiger partial charge < -0.3 is 14.4 Å². The number of carboxylic acid groups (broad SMARTS) is 1. The fourth-order valence-electron chi connectivity index (χ4n) is 2.51. The first-order valence-electron chi connectivity index (χ1n) is 8.47. The van der Waals surface area contributed by atoms with E-state index in [0.29, 0.717) is 29.7 Å². The van der Waals surface area contributed by atoms with Crippen LogP contribution in [0.5, 0.6) is 5.75 Å². The molecule has 2 rings (SSSR count). The van der Waals surface area contributed by atoms with Crippen LogP contribution in [0.3, 0.4) is 0 Å². The Morgan fingerprint density at radius 2 is 2.12 bits per heavy atom. The zero-order valence-corrected chi connectivity index (χ0v) is 16.3. The molecule has 7 heteroatoms.